The molecule has 4 rings (SSSR count). The van der Waals surface area contributed by atoms with E-state index in [2.05, 4.69) is 15.3 Å². The highest BCUT2D eigenvalue weighted by Crippen LogP contribution is 2.25. The van der Waals surface area contributed by atoms with Crippen molar-refractivity contribution in [3.8, 4) is 22.8 Å². The molecule has 2 N–H and O–H groups in total. The van der Waals surface area contributed by atoms with Crippen molar-refractivity contribution in [2.24, 2.45) is 4.99 Å². The number of rotatable bonds is 5. The van der Waals surface area contributed by atoms with Crippen molar-refractivity contribution >= 4 is 17.8 Å². The van der Waals surface area contributed by atoms with Gasteiger partial charge in [-0.05, 0) is 37.1 Å². The van der Waals surface area contributed by atoms with Gasteiger partial charge in [0.15, 0.2) is 11.9 Å². The Morgan fingerprint density at radius 2 is 2.00 bits per heavy atom. The molecule has 2 heterocycles. The smallest absolute Gasteiger partial charge is 0.265 e. The largest absolute Gasteiger partial charge is 0.494 e. The number of hydrogen-bond acceptors (Lipinski definition) is 3. The van der Waals surface area contributed by atoms with Gasteiger partial charge >= 0.3 is 0 Å². The number of hydrogen-bond donors (Lipinski definition) is 2. The lowest BCUT2D eigenvalue weighted by molar-refractivity contribution is -0.659. The van der Waals surface area contributed by atoms with Gasteiger partial charge in [-0.1, -0.05) is 36.1 Å². The van der Waals surface area contributed by atoms with Gasteiger partial charge in [-0.25, -0.2) is 0 Å². The fraction of sp³-hybridized carbons (Fsp3) is 0.350. The lowest BCUT2D eigenvalue weighted by Gasteiger charge is -2.16. The molecule has 3 aromatic rings. The molecule has 6 nitrogen and oxygen atoms in total. The number of benzene rings is 1. The SMILES string of the molecule is COc1cc(-c2c[n+](-c3ccc(Cl)cc3)[nH]n2)[nH]c1C=NC1CCCCC1. The molecular formula is C20H23ClN5O+. The van der Waals surface area contributed by atoms with Crippen LogP contribution in [0.25, 0.3) is 17.1 Å². The fourth-order valence-electron chi connectivity index (χ4n) is 3.42. The van der Waals surface area contributed by atoms with Gasteiger partial charge in [0.25, 0.3) is 5.69 Å². The average Bonchev–Trinajstić information content (AvgIpc) is 3.35. The molecule has 0 radical (unpaired) electrons. The quantitative estimate of drug-likeness (QED) is 0.513. The van der Waals surface area contributed by atoms with Gasteiger partial charge in [0.2, 0.25) is 0 Å². The molecule has 1 aliphatic carbocycles. The Labute approximate surface area is 163 Å². The molecule has 0 amide bonds. The number of methoxy groups -OCH3 is 1. The maximum absolute atomic E-state index is 5.96. The number of halogens is 1. The van der Waals surface area contributed by atoms with Gasteiger partial charge in [-0.2, -0.15) is 0 Å². The third-order valence-electron chi connectivity index (χ3n) is 4.93. The number of nitrogens with zero attached hydrogens (tertiary/aromatic N) is 3. The molecule has 27 heavy (non-hydrogen) atoms. The first-order chi connectivity index (χ1) is 13.2. The van der Waals surface area contributed by atoms with E-state index in [0.29, 0.717) is 11.1 Å². The zero-order valence-electron chi connectivity index (χ0n) is 15.3. The molecule has 1 aromatic carbocycles. The van der Waals surface area contributed by atoms with Gasteiger partial charge < -0.3 is 9.72 Å². The minimum atomic E-state index is 0.424. The zero-order chi connectivity index (χ0) is 18.6. The van der Waals surface area contributed by atoms with Gasteiger partial charge in [-0.15, -0.1) is 4.68 Å². The van der Waals surface area contributed by atoms with E-state index < -0.39 is 0 Å². The Morgan fingerprint density at radius 3 is 2.74 bits per heavy atom. The van der Waals surface area contributed by atoms with Crippen LogP contribution in [-0.4, -0.2) is 34.7 Å². The van der Waals surface area contributed by atoms with Crippen LogP contribution >= 0.6 is 11.6 Å². The Morgan fingerprint density at radius 1 is 1.22 bits per heavy atom. The van der Waals surface area contributed by atoms with Gasteiger partial charge in [-0.3, -0.25) is 4.99 Å². The second-order valence-corrected chi connectivity index (χ2v) is 7.24. The van der Waals surface area contributed by atoms with E-state index in [4.69, 9.17) is 21.3 Å². The van der Waals surface area contributed by atoms with Crippen LogP contribution in [0.1, 0.15) is 37.8 Å². The minimum Gasteiger partial charge on any atom is -0.494 e. The van der Waals surface area contributed by atoms with Crippen molar-refractivity contribution in [3.05, 3.63) is 47.2 Å². The minimum absolute atomic E-state index is 0.424. The zero-order valence-corrected chi connectivity index (χ0v) is 16.0. The van der Waals surface area contributed by atoms with Crippen molar-refractivity contribution in [2.45, 2.75) is 38.1 Å². The molecule has 0 bridgehead atoms. The lowest BCUT2D eigenvalue weighted by Crippen LogP contribution is -2.31. The van der Waals surface area contributed by atoms with Crippen LogP contribution < -0.4 is 9.42 Å². The summed E-state index contributed by atoms with van der Waals surface area (Å²) >= 11 is 5.96. The number of nitrogens with one attached hydrogen (secondary N) is 2. The summed E-state index contributed by atoms with van der Waals surface area (Å²) in [6.07, 6.45) is 10.0. The van der Waals surface area contributed by atoms with E-state index >= 15 is 0 Å². The summed E-state index contributed by atoms with van der Waals surface area (Å²) in [5, 5.41) is 8.10. The van der Waals surface area contributed by atoms with Crippen LogP contribution in [0.15, 0.2) is 41.5 Å². The molecule has 0 spiro atoms. The summed E-state index contributed by atoms with van der Waals surface area (Å²) in [6.45, 7) is 0. The van der Waals surface area contributed by atoms with E-state index in [1.165, 1.54) is 32.1 Å². The predicted molar refractivity (Wildman–Crippen MR) is 106 cm³/mol. The molecule has 0 aliphatic heterocycles. The molecule has 0 unspecified atom stereocenters. The van der Waals surface area contributed by atoms with E-state index in [-0.39, 0.29) is 0 Å². The molecule has 7 heteroatoms. The average molecular weight is 385 g/mol. The summed E-state index contributed by atoms with van der Waals surface area (Å²) in [6, 6.07) is 9.94. The second kappa shape index (κ2) is 7.96. The molecule has 0 saturated heterocycles. The predicted octanol–water partition coefficient (Wildman–Crippen LogP) is 4.10. The van der Waals surface area contributed by atoms with Crippen molar-refractivity contribution in [1.29, 1.82) is 0 Å². The lowest BCUT2D eigenvalue weighted by atomic mass is 9.96. The molecular weight excluding hydrogens is 362 g/mol. The summed E-state index contributed by atoms with van der Waals surface area (Å²) in [5.74, 6) is 0.769. The molecule has 1 saturated carbocycles. The van der Waals surface area contributed by atoms with E-state index in [0.717, 1.165) is 28.5 Å². The summed E-state index contributed by atoms with van der Waals surface area (Å²) in [7, 11) is 1.67. The standard InChI is InChI=1S/C20H22ClN5O/c1-27-20-11-17(23-18(20)12-22-15-5-3-2-4-6-15)19-13-26(25-24-19)16-9-7-14(21)8-10-16/h7-13,15H,2-6H2,1H3,(H,22,23)/p+1. The van der Waals surface area contributed by atoms with Crippen LogP contribution in [0.4, 0.5) is 0 Å². The topological polar surface area (TPSA) is 69.9 Å². The normalized spacial score (nSPS) is 15.5. The van der Waals surface area contributed by atoms with Crippen LogP contribution in [0.3, 0.4) is 0 Å². The molecule has 1 aliphatic rings. The first kappa shape index (κ1) is 17.8. The summed E-state index contributed by atoms with van der Waals surface area (Å²) in [4.78, 5) is 8.12. The third-order valence-corrected chi connectivity index (χ3v) is 5.18. The third kappa shape index (κ3) is 4.06. The fourth-order valence-corrected chi connectivity index (χ4v) is 3.54. The summed E-state index contributed by atoms with van der Waals surface area (Å²) in [5.41, 5.74) is 3.50. The van der Waals surface area contributed by atoms with Gasteiger partial charge in [0.05, 0.1) is 18.8 Å². The van der Waals surface area contributed by atoms with E-state index in [9.17, 15) is 0 Å². The van der Waals surface area contributed by atoms with Crippen LogP contribution in [-0.2, 0) is 0 Å². The first-order valence-corrected chi connectivity index (χ1v) is 9.64. The van der Waals surface area contributed by atoms with Gasteiger partial charge in [0, 0.05) is 22.4 Å². The van der Waals surface area contributed by atoms with Crippen molar-refractivity contribution in [3.63, 3.8) is 0 Å². The Balaban J connectivity index is 1.56. The van der Waals surface area contributed by atoms with E-state index in [1.807, 2.05) is 47.4 Å². The van der Waals surface area contributed by atoms with Crippen LogP contribution in [0.2, 0.25) is 5.02 Å². The number of aliphatic imine (C=N–C) groups is 1. The number of H-pyrrole nitrogens is 2. The molecule has 0 atom stereocenters. The molecule has 140 valence electrons. The first-order valence-electron chi connectivity index (χ1n) is 9.26. The number of aromatic nitrogens is 4. The molecule has 2 aromatic heterocycles. The van der Waals surface area contributed by atoms with E-state index in [1.54, 1.807) is 7.11 Å². The van der Waals surface area contributed by atoms with Crippen LogP contribution in [0.5, 0.6) is 5.75 Å². The highest BCUT2D eigenvalue weighted by atomic mass is 35.5. The highest BCUT2D eigenvalue weighted by molar-refractivity contribution is 6.30. The number of ether oxygens (including phenoxy) is 1. The maximum atomic E-state index is 5.96. The highest BCUT2D eigenvalue weighted by Gasteiger charge is 2.18. The maximum Gasteiger partial charge on any atom is 0.265 e. The number of aromatic amines is 2. The Kier molecular flexibility index (Phi) is 5.25. The Bertz CT molecular complexity index is 922. The van der Waals surface area contributed by atoms with Crippen molar-refractivity contribution in [2.75, 3.05) is 7.11 Å². The summed E-state index contributed by atoms with van der Waals surface area (Å²) < 4.78 is 7.35. The van der Waals surface area contributed by atoms with Crippen molar-refractivity contribution in [1.82, 2.24) is 15.3 Å². The monoisotopic (exact) mass is 384 g/mol. The second-order valence-electron chi connectivity index (χ2n) is 6.81. The van der Waals surface area contributed by atoms with Crippen LogP contribution in [0, 0.1) is 0 Å². The van der Waals surface area contributed by atoms with Crippen molar-refractivity contribution < 1.29 is 9.42 Å². The Hall–Kier alpha value is -2.60. The van der Waals surface area contributed by atoms with Gasteiger partial charge in [0.1, 0.15) is 11.4 Å². The molecule has 1 fully saturated rings.